The average Bonchev–Trinajstić information content (AvgIpc) is 2.79. The van der Waals surface area contributed by atoms with E-state index in [0.717, 1.165) is 0 Å². The minimum atomic E-state index is -3.92. The number of hydrogen-bond donors (Lipinski definition) is 2. The summed E-state index contributed by atoms with van der Waals surface area (Å²) in [6, 6.07) is 5.80. The fraction of sp³-hybridized carbons (Fsp3) is 0.591. The lowest BCUT2D eigenvalue weighted by Crippen LogP contribution is -2.53. The van der Waals surface area contributed by atoms with Crippen LogP contribution >= 0.6 is 0 Å². The predicted molar refractivity (Wildman–Crippen MR) is 124 cm³/mol. The highest BCUT2D eigenvalue weighted by Crippen LogP contribution is 2.37. The molecule has 1 heterocycles. The van der Waals surface area contributed by atoms with Gasteiger partial charge in [-0.25, -0.2) is 26.6 Å². The van der Waals surface area contributed by atoms with Crippen molar-refractivity contribution in [1.82, 2.24) is 9.79 Å². The number of sulfone groups is 1. The van der Waals surface area contributed by atoms with Crippen molar-refractivity contribution < 1.29 is 31.6 Å². The SMILES string of the molecule is CC#CCOc1ccc(S(=O)(=O)CC2(C(=O)NO)CCN(S(=O)(=O)C(CC)CC)CC2)cc1. The number of hydrogen-bond acceptors (Lipinski definition) is 7. The zero-order chi connectivity index (χ0) is 24.7. The van der Waals surface area contributed by atoms with Crippen molar-refractivity contribution in [2.24, 2.45) is 5.41 Å². The van der Waals surface area contributed by atoms with Crippen LogP contribution in [0.15, 0.2) is 29.2 Å². The van der Waals surface area contributed by atoms with Gasteiger partial charge in [-0.15, -0.1) is 5.92 Å². The third-order valence-corrected chi connectivity index (χ3v) is 10.6. The number of carbonyl (C=O) groups is 1. The normalized spacial score (nSPS) is 16.6. The van der Waals surface area contributed by atoms with Gasteiger partial charge in [0, 0.05) is 13.1 Å². The van der Waals surface area contributed by atoms with E-state index < -0.39 is 42.2 Å². The third kappa shape index (κ3) is 6.26. The summed E-state index contributed by atoms with van der Waals surface area (Å²) < 4.78 is 58.7. The highest BCUT2D eigenvalue weighted by atomic mass is 32.2. The van der Waals surface area contributed by atoms with Crippen LogP contribution in [-0.2, 0) is 24.7 Å². The van der Waals surface area contributed by atoms with E-state index in [4.69, 9.17) is 4.74 Å². The van der Waals surface area contributed by atoms with Crippen molar-refractivity contribution in [1.29, 1.82) is 0 Å². The van der Waals surface area contributed by atoms with Crippen molar-refractivity contribution in [3.8, 4) is 17.6 Å². The maximum absolute atomic E-state index is 13.1. The molecule has 1 aliphatic rings. The number of hydroxylamine groups is 1. The molecule has 1 fully saturated rings. The Balaban J connectivity index is 2.22. The molecule has 0 bridgehead atoms. The Morgan fingerprint density at radius 1 is 1.15 bits per heavy atom. The molecule has 1 amide bonds. The molecule has 2 N–H and O–H groups in total. The molecule has 184 valence electrons. The maximum Gasteiger partial charge on any atom is 0.250 e. The highest BCUT2D eigenvalue weighted by molar-refractivity contribution is 7.91. The van der Waals surface area contributed by atoms with Crippen LogP contribution in [0.4, 0.5) is 0 Å². The third-order valence-electron chi connectivity index (χ3n) is 6.09. The molecule has 0 radical (unpaired) electrons. The first-order valence-corrected chi connectivity index (χ1v) is 14.0. The van der Waals surface area contributed by atoms with E-state index in [1.165, 1.54) is 28.6 Å². The zero-order valence-corrected chi connectivity index (χ0v) is 20.8. The van der Waals surface area contributed by atoms with Crippen LogP contribution in [0.25, 0.3) is 0 Å². The Morgan fingerprint density at radius 2 is 1.73 bits per heavy atom. The Bertz CT molecular complexity index is 1080. The molecule has 1 aromatic rings. The van der Waals surface area contributed by atoms with E-state index in [1.807, 2.05) is 0 Å². The topological polar surface area (TPSA) is 130 Å². The molecule has 0 spiro atoms. The Labute approximate surface area is 196 Å². The Kier molecular flexibility index (Phi) is 9.31. The summed E-state index contributed by atoms with van der Waals surface area (Å²) in [6.07, 6.45) is 0.900. The summed E-state index contributed by atoms with van der Waals surface area (Å²) in [7, 11) is -7.47. The molecular weight excluding hydrogens is 468 g/mol. The molecule has 1 aromatic carbocycles. The summed E-state index contributed by atoms with van der Waals surface area (Å²) >= 11 is 0. The monoisotopic (exact) mass is 500 g/mol. The van der Waals surface area contributed by atoms with E-state index in [9.17, 15) is 26.8 Å². The summed E-state index contributed by atoms with van der Waals surface area (Å²) in [5.74, 6) is 4.52. The molecule has 11 heteroatoms. The second kappa shape index (κ2) is 11.3. The van der Waals surface area contributed by atoms with Gasteiger partial charge in [0.15, 0.2) is 9.84 Å². The smallest absolute Gasteiger partial charge is 0.250 e. The van der Waals surface area contributed by atoms with Crippen molar-refractivity contribution in [2.75, 3.05) is 25.4 Å². The van der Waals surface area contributed by atoms with Gasteiger partial charge in [0.2, 0.25) is 10.0 Å². The number of amides is 1. The lowest BCUT2D eigenvalue weighted by atomic mass is 9.80. The lowest BCUT2D eigenvalue weighted by molar-refractivity contribution is -0.140. The molecular formula is C22H32N2O7S2. The van der Waals surface area contributed by atoms with Gasteiger partial charge >= 0.3 is 0 Å². The number of benzene rings is 1. The van der Waals surface area contributed by atoms with Crippen molar-refractivity contribution in [2.45, 2.75) is 56.6 Å². The van der Waals surface area contributed by atoms with E-state index in [-0.39, 0.29) is 37.4 Å². The van der Waals surface area contributed by atoms with Gasteiger partial charge in [-0.2, -0.15) is 0 Å². The van der Waals surface area contributed by atoms with Gasteiger partial charge in [0.25, 0.3) is 5.91 Å². The number of sulfonamides is 1. The van der Waals surface area contributed by atoms with E-state index in [0.29, 0.717) is 18.6 Å². The van der Waals surface area contributed by atoms with Gasteiger partial charge in [0.05, 0.1) is 21.3 Å². The molecule has 0 aromatic heterocycles. The van der Waals surface area contributed by atoms with Crippen molar-refractivity contribution >= 4 is 25.8 Å². The van der Waals surface area contributed by atoms with Crippen molar-refractivity contribution in [3.05, 3.63) is 24.3 Å². The van der Waals surface area contributed by atoms with Crippen LogP contribution < -0.4 is 10.2 Å². The van der Waals surface area contributed by atoms with E-state index in [2.05, 4.69) is 11.8 Å². The molecule has 0 saturated carbocycles. The molecule has 2 rings (SSSR count). The van der Waals surface area contributed by atoms with Crippen LogP contribution in [0.3, 0.4) is 0 Å². The number of piperidine rings is 1. The molecule has 0 unspecified atom stereocenters. The summed E-state index contributed by atoms with van der Waals surface area (Å²) in [6.45, 7) is 5.49. The average molecular weight is 501 g/mol. The van der Waals surface area contributed by atoms with Gasteiger partial charge in [-0.05, 0) is 56.9 Å². The number of rotatable bonds is 10. The molecule has 33 heavy (non-hydrogen) atoms. The molecule has 9 nitrogen and oxygen atoms in total. The van der Waals surface area contributed by atoms with Crippen LogP contribution in [-0.4, -0.2) is 63.0 Å². The Hall–Kier alpha value is -2.13. The second-order valence-corrected chi connectivity index (χ2v) is 12.3. The standard InChI is InChI=1S/C22H32N2O7S2/c1-4-7-16-31-18-8-10-20(11-9-18)32(27,28)17-22(21(25)23-26)12-14-24(15-13-22)33(29,30)19(5-2)6-3/h8-11,19,26H,5-6,12-17H2,1-3H3,(H,23,25). The number of nitrogens with one attached hydrogen (secondary N) is 1. The van der Waals surface area contributed by atoms with E-state index >= 15 is 0 Å². The summed E-state index contributed by atoms with van der Waals surface area (Å²) in [5.41, 5.74) is 0.137. The fourth-order valence-corrected chi connectivity index (χ4v) is 7.85. The maximum atomic E-state index is 13.1. The van der Waals surface area contributed by atoms with Gasteiger partial charge in [-0.1, -0.05) is 19.8 Å². The van der Waals surface area contributed by atoms with Gasteiger partial charge in [-0.3, -0.25) is 10.0 Å². The molecule has 1 aliphatic heterocycles. The Morgan fingerprint density at radius 3 is 2.21 bits per heavy atom. The fourth-order valence-electron chi connectivity index (χ4n) is 4.03. The quantitative estimate of drug-likeness (QED) is 0.285. The zero-order valence-electron chi connectivity index (χ0n) is 19.2. The lowest BCUT2D eigenvalue weighted by Gasteiger charge is -2.40. The van der Waals surface area contributed by atoms with E-state index in [1.54, 1.807) is 26.3 Å². The number of nitrogens with zero attached hydrogens (tertiary/aromatic N) is 1. The largest absolute Gasteiger partial charge is 0.481 e. The van der Waals surface area contributed by atoms with Gasteiger partial charge < -0.3 is 4.74 Å². The first-order valence-electron chi connectivity index (χ1n) is 10.8. The predicted octanol–water partition coefficient (Wildman–Crippen LogP) is 1.97. The minimum Gasteiger partial charge on any atom is -0.481 e. The highest BCUT2D eigenvalue weighted by Gasteiger charge is 2.47. The molecule has 0 aliphatic carbocycles. The van der Waals surface area contributed by atoms with Crippen molar-refractivity contribution in [3.63, 3.8) is 0 Å². The molecule has 1 saturated heterocycles. The first-order chi connectivity index (χ1) is 15.6. The second-order valence-electron chi connectivity index (χ2n) is 8.05. The van der Waals surface area contributed by atoms with Gasteiger partial charge in [0.1, 0.15) is 12.4 Å². The van der Waals surface area contributed by atoms with Crippen LogP contribution in [0, 0.1) is 17.3 Å². The van der Waals surface area contributed by atoms with Crippen LogP contribution in [0.5, 0.6) is 5.75 Å². The molecule has 0 atom stereocenters. The van der Waals surface area contributed by atoms with Crippen LogP contribution in [0.2, 0.25) is 0 Å². The summed E-state index contributed by atoms with van der Waals surface area (Å²) in [4.78, 5) is 12.6. The number of ether oxygens (including phenoxy) is 1. The minimum absolute atomic E-state index is 0.00696. The summed E-state index contributed by atoms with van der Waals surface area (Å²) in [5, 5.41) is 8.77. The first kappa shape index (κ1) is 27.1. The number of carbonyl (C=O) groups excluding carboxylic acids is 1. The van der Waals surface area contributed by atoms with Crippen LogP contribution in [0.1, 0.15) is 46.5 Å².